The van der Waals surface area contributed by atoms with Crippen LogP contribution in [0.15, 0.2) is 18.2 Å². The van der Waals surface area contributed by atoms with Gasteiger partial charge in [0.15, 0.2) is 0 Å². The lowest BCUT2D eigenvalue weighted by molar-refractivity contribution is 0.0549. The van der Waals surface area contributed by atoms with Gasteiger partial charge in [-0.05, 0) is 6.07 Å². The SMILES string of the molecule is COC(=O)c1c(C(=O)OC)c(O)c2c(OC)cccc2c1O. The molecule has 0 radical (unpaired) electrons. The van der Waals surface area contributed by atoms with Gasteiger partial charge >= 0.3 is 11.9 Å². The number of aromatic hydroxyl groups is 2. The smallest absolute Gasteiger partial charge is 0.342 e. The first-order valence-corrected chi connectivity index (χ1v) is 6.19. The molecule has 116 valence electrons. The summed E-state index contributed by atoms with van der Waals surface area (Å²) in [7, 11) is 3.55. The van der Waals surface area contributed by atoms with Gasteiger partial charge in [0.25, 0.3) is 0 Å². The zero-order chi connectivity index (χ0) is 16.4. The van der Waals surface area contributed by atoms with E-state index < -0.39 is 34.6 Å². The summed E-state index contributed by atoms with van der Waals surface area (Å²) in [4.78, 5) is 23.8. The number of rotatable bonds is 3. The van der Waals surface area contributed by atoms with E-state index in [-0.39, 0.29) is 16.5 Å². The molecule has 0 bridgehead atoms. The molecule has 0 amide bonds. The number of hydrogen-bond donors (Lipinski definition) is 2. The average Bonchev–Trinajstić information content (AvgIpc) is 2.55. The Labute approximate surface area is 125 Å². The molecule has 22 heavy (non-hydrogen) atoms. The molecule has 0 unspecified atom stereocenters. The van der Waals surface area contributed by atoms with E-state index in [1.54, 1.807) is 12.1 Å². The molecule has 7 nitrogen and oxygen atoms in total. The summed E-state index contributed by atoms with van der Waals surface area (Å²) in [6.07, 6.45) is 0. The number of phenolic OH excluding ortho intramolecular Hbond substituents is 2. The van der Waals surface area contributed by atoms with E-state index in [0.717, 1.165) is 14.2 Å². The monoisotopic (exact) mass is 306 g/mol. The molecule has 2 aromatic rings. The summed E-state index contributed by atoms with van der Waals surface area (Å²) < 4.78 is 14.3. The van der Waals surface area contributed by atoms with Crippen molar-refractivity contribution in [1.29, 1.82) is 0 Å². The minimum atomic E-state index is -0.985. The normalized spacial score (nSPS) is 10.3. The van der Waals surface area contributed by atoms with Crippen LogP contribution in [0.2, 0.25) is 0 Å². The van der Waals surface area contributed by atoms with Crippen LogP contribution in [0, 0.1) is 0 Å². The molecular weight excluding hydrogens is 292 g/mol. The van der Waals surface area contributed by atoms with Crippen LogP contribution in [0.25, 0.3) is 10.8 Å². The number of carbonyl (C=O) groups excluding carboxylic acids is 2. The second kappa shape index (κ2) is 5.80. The van der Waals surface area contributed by atoms with Gasteiger partial charge in [-0.15, -0.1) is 0 Å². The number of fused-ring (bicyclic) bond motifs is 1. The highest BCUT2D eigenvalue weighted by atomic mass is 16.5. The summed E-state index contributed by atoms with van der Waals surface area (Å²) in [6.45, 7) is 0. The summed E-state index contributed by atoms with van der Waals surface area (Å²) >= 11 is 0. The minimum absolute atomic E-state index is 0.0931. The quantitative estimate of drug-likeness (QED) is 0.658. The Hall–Kier alpha value is -2.96. The van der Waals surface area contributed by atoms with Crippen molar-refractivity contribution in [2.24, 2.45) is 0 Å². The van der Waals surface area contributed by atoms with E-state index >= 15 is 0 Å². The van der Waals surface area contributed by atoms with Crippen LogP contribution in [0.5, 0.6) is 17.2 Å². The van der Waals surface area contributed by atoms with Gasteiger partial charge in [0.2, 0.25) is 0 Å². The maximum Gasteiger partial charge on any atom is 0.342 e. The maximum absolute atomic E-state index is 11.9. The zero-order valence-electron chi connectivity index (χ0n) is 12.2. The number of methoxy groups -OCH3 is 3. The highest BCUT2D eigenvalue weighted by molar-refractivity contribution is 6.15. The lowest BCUT2D eigenvalue weighted by atomic mass is 9.97. The Balaban J connectivity index is 3.03. The molecular formula is C15H14O7. The van der Waals surface area contributed by atoms with Gasteiger partial charge in [0, 0.05) is 5.39 Å². The molecule has 0 saturated carbocycles. The predicted molar refractivity (Wildman–Crippen MR) is 76.5 cm³/mol. The lowest BCUT2D eigenvalue weighted by Crippen LogP contribution is -2.13. The van der Waals surface area contributed by atoms with E-state index in [1.807, 2.05) is 0 Å². The molecule has 2 rings (SSSR count). The highest BCUT2D eigenvalue weighted by Gasteiger charge is 2.30. The minimum Gasteiger partial charge on any atom is -0.506 e. The van der Waals surface area contributed by atoms with Crippen molar-refractivity contribution >= 4 is 22.7 Å². The standard InChI is InChI=1S/C15H14O7/c1-20-8-6-4-5-7-9(8)13(17)11(15(19)22-3)10(12(7)16)14(18)21-2/h4-6,16-17H,1-3H3. The van der Waals surface area contributed by atoms with Crippen LogP contribution in [-0.2, 0) is 9.47 Å². The van der Waals surface area contributed by atoms with Crippen molar-refractivity contribution in [2.75, 3.05) is 21.3 Å². The van der Waals surface area contributed by atoms with E-state index in [1.165, 1.54) is 13.2 Å². The third-order valence-corrected chi connectivity index (χ3v) is 3.24. The Morgan fingerprint density at radius 3 is 1.95 bits per heavy atom. The molecule has 7 heteroatoms. The second-order valence-electron chi connectivity index (χ2n) is 4.31. The summed E-state index contributed by atoms with van der Waals surface area (Å²) in [6, 6.07) is 4.58. The van der Waals surface area contributed by atoms with Crippen molar-refractivity contribution in [3.63, 3.8) is 0 Å². The van der Waals surface area contributed by atoms with Gasteiger partial charge in [-0.2, -0.15) is 0 Å². The van der Waals surface area contributed by atoms with Gasteiger partial charge < -0.3 is 24.4 Å². The van der Waals surface area contributed by atoms with Gasteiger partial charge in [0.1, 0.15) is 28.4 Å². The Morgan fingerprint density at radius 1 is 0.909 bits per heavy atom. The molecule has 2 N–H and O–H groups in total. The first-order chi connectivity index (χ1) is 10.5. The Morgan fingerprint density at radius 2 is 1.45 bits per heavy atom. The molecule has 0 spiro atoms. The first kappa shape index (κ1) is 15.4. The number of esters is 2. The highest BCUT2D eigenvalue weighted by Crippen LogP contribution is 2.44. The van der Waals surface area contributed by atoms with Crippen LogP contribution in [0.3, 0.4) is 0 Å². The van der Waals surface area contributed by atoms with Gasteiger partial charge in [-0.1, -0.05) is 12.1 Å². The van der Waals surface area contributed by atoms with E-state index in [9.17, 15) is 19.8 Å². The molecule has 2 aromatic carbocycles. The maximum atomic E-state index is 11.9. The zero-order valence-corrected chi connectivity index (χ0v) is 12.2. The third-order valence-electron chi connectivity index (χ3n) is 3.24. The van der Waals surface area contributed by atoms with Crippen LogP contribution in [0.1, 0.15) is 20.7 Å². The van der Waals surface area contributed by atoms with E-state index in [0.29, 0.717) is 0 Å². The number of phenols is 2. The number of hydrogen-bond acceptors (Lipinski definition) is 7. The van der Waals surface area contributed by atoms with Crippen molar-refractivity contribution < 1.29 is 34.0 Å². The van der Waals surface area contributed by atoms with Gasteiger partial charge in [0.05, 0.1) is 26.7 Å². The lowest BCUT2D eigenvalue weighted by Gasteiger charge is -2.15. The fourth-order valence-corrected chi connectivity index (χ4v) is 2.24. The fraction of sp³-hybridized carbons (Fsp3) is 0.200. The first-order valence-electron chi connectivity index (χ1n) is 6.19. The summed E-state index contributed by atoms with van der Waals surface area (Å²) in [5.41, 5.74) is -0.948. The number of benzene rings is 2. The van der Waals surface area contributed by atoms with Crippen LogP contribution >= 0.6 is 0 Å². The fourth-order valence-electron chi connectivity index (χ4n) is 2.24. The largest absolute Gasteiger partial charge is 0.506 e. The van der Waals surface area contributed by atoms with Gasteiger partial charge in [-0.25, -0.2) is 9.59 Å². The number of ether oxygens (including phenoxy) is 3. The molecule has 0 fully saturated rings. The topological polar surface area (TPSA) is 102 Å². The number of carbonyl (C=O) groups is 2. The van der Waals surface area contributed by atoms with Crippen molar-refractivity contribution in [1.82, 2.24) is 0 Å². The molecule has 0 aliphatic rings. The van der Waals surface area contributed by atoms with Crippen LogP contribution in [-0.4, -0.2) is 43.5 Å². The average molecular weight is 306 g/mol. The van der Waals surface area contributed by atoms with E-state index in [4.69, 9.17) is 4.74 Å². The summed E-state index contributed by atoms with van der Waals surface area (Å²) in [5.74, 6) is -2.76. The predicted octanol–water partition coefficient (Wildman–Crippen LogP) is 1.83. The van der Waals surface area contributed by atoms with Gasteiger partial charge in [-0.3, -0.25) is 0 Å². The third kappa shape index (κ3) is 2.16. The van der Waals surface area contributed by atoms with Crippen LogP contribution < -0.4 is 4.74 Å². The molecule has 0 aliphatic heterocycles. The molecule has 0 saturated heterocycles. The Kier molecular flexibility index (Phi) is 4.07. The van der Waals surface area contributed by atoms with Crippen molar-refractivity contribution in [3.05, 3.63) is 29.3 Å². The summed E-state index contributed by atoms with van der Waals surface area (Å²) in [5, 5.41) is 21.0. The van der Waals surface area contributed by atoms with Crippen molar-refractivity contribution in [3.8, 4) is 17.2 Å². The van der Waals surface area contributed by atoms with Crippen LogP contribution in [0.4, 0.5) is 0 Å². The molecule has 0 heterocycles. The van der Waals surface area contributed by atoms with E-state index in [2.05, 4.69) is 9.47 Å². The molecule has 0 aliphatic carbocycles. The molecule has 0 atom stereocenters. The van der Waals surface area contributed by atoms with Crippen molar-refractivity contribution in [2.45, 2.75) is 0 Å². The molecule has 0 aromatic heterocycles. The second-order valence-corrected chi connectivity index (χ2v) is 4.31. The Bertz CT molecular complexity index is 764.